The molecule has 0 aromatic heterocycles. The highest BCUT2D eigenvalue weighted by Gasteiger charge is 2.25. The van der Waals surface area contributed by atoms with Crippen LogP contribution < -0.4 is 10.6 Å². The number of anilines is 1. The minimum Gasteiger partial charge on any atom is -0.480 e. The van der Waals surface area contributed by atoms with Crippen molar-refractivity contribution >= 4 is 33.6 Å². The fourth-order valence-electron chi connectivity index (χ4n) is 1.47. The van der Waals surface area contributed by atoms with Crippen LogP contribution in [0.4, 0.5) is 14.9 Å². The summed E-state index contributed by atoms with van der Waals surface area (Å²) in [5.41, 5.74) is 0.801. The molecule has 0 radical (unpaired) electrons. The van der Waals surface area contributed by atoms with Gasteiger partial charge in [-0.2, -0.15) is 0 Å². The molecule has 6 nitrogen and oxygen atoms in total. The van der Waals surface area contributed by atoms with Crippen molar-refractivity contribution in [3.8, 4) is 0 Å². The highest BCUT2D eigenvalue weighted by molar-refractivity contribution is 9.10. The minimum atomic E-state index is -1.45. The molecule has 0 bridgehead atoms. The van der Waals surface area contributed by atoms with Crippen LogP contribution in [-0.2, 0) is 4.79 Å². The Morgan fingerprint density at radius 2 is 2.00 bits per heavy atom. The Labute approximate surface area is 123 Å². The van der Waals surface area contributed by atoms with E-state index in [4.69, 9.17) is 5.11 Å². The highest BCUT2D eigenvalue weighted by atomic mass is 79.9. The Morgan fingerprint density at radius 3 is 2.50 bits per heavy atom. The number of carbonyl (C=O) groups excluding carboxylic acids is 1. The van der Waals surface area contributed by atoms with Gasteiger partial charge in [0.05, 0.1) is 10.6 Å². The van der Waals surface area contributed by atoms with E-state index in [9.17, 15) is 19.1 Å². The molecule has 1 aromatic carbocycles. The van der Waals surface area contributed by atoms with Gasteiger partial charge >= 0.3 is 12.0 Å². The minimum absolute atomic E-state index is 0.206. The number of benzene rings is 1. The third-order valence-corrected chi connectivity index (χ3v) is 3.16. The molecule has 0 saturated heterocycles. The summed E-state index contributed by atoms with van der Waals surface area (Å²) in [6.45, 7) is 2.90. The SMILES string of the molecule is Cc1cc(Br)c(F)cc1NC(=O)N[C@H](C(=O)O)[C@@H](C)O. The van der Waals surface area contributed by atoms with Gasteiger partial charge in [-0.25, -0.2) is 14.0 Å². The van der Waals surface area contributed by atoms with Crippen LogP contribution in [0.25, 0.3) is 0 Å². The summed E-state index contributed by atoms with van der Waals surface area (Å²) in [6.07, 6.45) is -1.26. The Morgan fingerprint density at radius 1 is 1.40 bits per heavy atom. The number of carboxylic acid groups (broad SMARTS) is 1. The second-order valence-corrected chi connectivity index (χ2v) is 5.09. The molecule has 2 amide bonds. The van der Waals surface area contributed by atoms with E-state index in [-0.39, 0.29) is 10.2 Å². The number of urea groups is 1. The zero-order chi connectivity index (χ0) is 15.4. The average molecular weight is 349 g/mol. The van der Waals surface area contributed by atoms with Crippen LogP contribution in [-0.4, -0.2) is 34.4 Å². The zero-order valence-electron chi connectivity index (χ0n) is 10.8. The molecule has 0 heterocycles. The number of carbonyl (C=O) groups is 2. The number of aliphatic carboxylic acids is 1. The molecule has 1 aromatic rings. The van der Waals surface area contributed by atoms with Gasteiger partial charge in [-0.15, -0.1) is 0 Å². The lowest BCUT2D eigenvalue weighted by Gasteiger charge is -2.18. The first kappa shape index (κ1) is 16.4. The van der Waals surface area contributed by atoms with E-state index >= 15 is 0 Å². The summed E-state index contributed by atoms with van der Waals surface area (Å²) < 4.78 is 13.6. The molecule has 4 N–H and O–H groups in total. The van der Waals surface area contributed by atoms with E-state index in [1.165, 1.54) is 13.0 Å². The molecule has 0 unspecified atom stereocenters. The second-order valence-electron chi connectivity index (χ2n) is 4.24. The summed E-state index contributed by atoms with van der Waals surface area (Å²) in [6, 6.07) is 0.296. The Balaban J connectivity index is 2.81. The number of carboxylic acids is 1. The fourth-order valence-corrected chi connectivity index (χ4v) is 1.93. The molecule has 0 fully saturated rings. The monoisotopic (exact) mass is 348 g/mol. The lowest BCUT2D eigenvalue weighted by molar-refractivity contribution is -0.141. The van der Waals surface area contributed by atoms with Crippen LogP contribution in [0.15, 0.2) is 16.6 Å². The number of rotatable bonds is 4. The predicted molar refractivity (Wildman–Crippen MR) is 74.1 cm³/mol. The van der Waals surface area contributed by atoms with Gasteiger partial charge in [-0.3, -0.25) is 0 Å². The molecule has 0 aliphatic carbocycles. The van der Waals surface area contributed by atoms with Crippen molar-refractivity contribution in [2.75, 3.05) is 5.32 Å². The topological polar surface area (TPSA) is 98.7 Å². The van der Waals surface area contributed by atoms with Crippen LogP contribution >= 0.6 is 15.9 Å². The van der Waals surface area contributed by atoms with Gasteiger partial charge in [0.15, 0.2) is 6.04 Å². The molecule has 8 heteroatoms. The summed E-state index contributed by atoms with van der Waals surface area (Å²) in [7, 11) is 0. The van der Waals surface area contributed by atoms with Gasteiger partial charge in [-0.05, 0) is 47.5 Å². The first-order valence-electron chi connectivity index (χ1n) is 5.66. The van der Waals surface area contributed by atoms with Crippen LogP contribution in [0, 0.1) is 12.7 Å². The van der Waals surface area contributed by atoms with E-state index in [2.05, 4.69) is 26.6 Å². The van der Waals surface area contributed by atoms with E-state index in [0.29, 0.717) is 5.56 Å². The standard InChI is InChI=1S/C12H14BrFN2O4/c1-5-3-7(13)8(14)4-9(5)15-12(20)16-10(6(2)17)11(18)19/h3-4,6,10,17H,1-2H3,(H,18,19)(H2,15,16,20)/t6-,10+/m1/s1. The normalized spacial score (nSPS) is 13.4. The Hall–Kier alpha value is -1.67. The smallest absolute Gasteiger partial charge is 0.328 e. The van der Waals surface area contributed by atoms with Gasteiger partial charge in [0.2, 0.25) is 0 Å². The number of amides is 2. The van der Waals surface area contributed by atoms with Gasteiger partial charge in [0.25, 0.3) is 0 Å². The first-order valence-corrected chi connectivity index (χ1v) is 6.45. The number of halogens is 2. The van der Waals surface area contributed by atoms with Crippen molar-refractivity contribution < 1.29 is 24.2 Å². The van der Waals surface area contributed by atoms with Crippen molar-refractivity contribution in [2.24, 2.45) is 0 Å². The molecule has 0 saturated carbocycles. The predicted octanol–water partition coefficient (Wildman–Crippen LogP) is 1.85. The van der Waals surface area contributed by atoms with Crippen molar-refractivity contribution in [1.29, 1.82) is 0 Å². The molecule has 0 aliphatic rings. The van der Waals surface area contributed by atoms with Crippen molar-refractivity contribution in [2.45, 2.75) is 26.0 Å². The number of aliphatic hydroxyl groups excluding tert-OH is 1. The van der Waals surface area contributed by atoms with Gasteiger partial charge in [-0.1, -0.05) is 0 Å². The quantitative estimate of drug-likeness (QED) is 0.667. The molecule has 20 heavy (non-hydrogen) atoms. The summed E-state index contributed by atoms with van der Waals surface area (Å²) in [5, 5.41) is 22.5. The maximum Gasteiger partial charge on any atom is 0.328 e. The summed E-state index contributed by atoms with van der Waals surface area (Å²) in [4.78, 5) is 22.5. The number of hydrogen-bond donors (Lipinski definition) is 4. The Bertz CT molecular complexity index is 536. The van der Waals surface area contributed by atoms with Crippen molar-refractivity contribution in [3.05, 3.63) is 28.0 Å². The first-order chi connectivity index (χ1) is 9.22. The molecule has 0 spiro atoms. The molecule has 110 valence electrons. The third kappa shape index (κ3) is 4.17. The van der Waals surface area contributed by atoms with E-state index in [1.807, 2.05) is 0 Å². The van der Waals surface area contributed by atoms with E-state index in [1.54, 1.807) is 6.92 Å². The van der Waals surface area contributed by atoms with Gasteiger partial charge in [0, 0.05) is 5.69 Å². The zero-order valence-corrected chi connectivity index (χ0v) is 12.4. The van der Waals surface area contributed by atoms with Crippen LogP contribution in [0.3, 0.4) is 0 Å². The molecular weight excluding hydrogens is 335 g/mol. The fraction of sp³-hybridized carbons (Fsp3) is 0.333. The molecule has 0 aliphatic heterocycles. The lowest BCUT2D eigenvalue weighted by Crippen LogP contribution is -2.49. The number of aryl methyl sites for hydroxylation is 1. The average Bonchev–Trinajstić information content (AvgIpc) is 2.32. The van der Waals surface area contributed by atoms with Crippen LogP contribution in [0.2, 0.25) is 0 Å². The maximum absolute atomic E-state index is 13.4. The summed E-state index contributed by atoms with van der Waals surface area (Å²) >= 11 is 3.01. The van der Waals surface area contributed by atoms with Gasteiger partial charge < -0.3 is 20.8 Å². The third-order valence-electron chi connectivity index (χ3n) is 2.55. The van der Waals surface area contributed by atoms with E-state index < -0.39 is 30.0 Å². The summed E-state index contributed by atoms with van der Waals surface area (Å²) in [5.74, 6) is -1.93. The molecular formula is C12H14BrFN2O4. The van der Waals surface area contributed by atoms with Crippen LogP contribution in [0.5, 0.6) is 0 Å². The Kier molecular flexibility index (Phi) is 5.46. The van der Waals surface area contributed by atoms with E-state index in [0.717, 1.165) is 6.07 Å². The van der Waals surface area contributed by atoms with Crippen molar-refractivity contribution in [3.63, 3.8) is 0 Å². The molecule has 1 rings (SSSR count). The second kappa shape index (κ2) is 6.67. The molecule has 2 atom stereocenters. The van der Waals surface area contributed by atoms with Gasteiger partial charge in [0.1, 0.15) is 5.82 Å². The highest BCUT2D eigenvalue weighted by Crippen LogP contribution is 2.23. The number of nitrogens with one attached hydrogen (secondary N) is 2. The maximum atomic E-state index is 13.4. The van der Waals surface area contributed by atoms with Crippen molar-refractivity contribution in [1.82, 2.24) is 5.32 Å². The number of hydrogen-bond acceptors (Lipinski definition) is 3. The largest absolute Gasteiger partial charge is 0.480 e. The number of aliphatic hydroxyl groups is 1. The van der Waals surface area contributed by atoms with Crippen LogP contribution in [0.1, 0.15) is 12.5 Å². The lowest BCUT2D eigenvalue weighted by atomic mass is 10.2.